The van der Waals surface area contributed by atoms with Gasteiger partial charge in [0, 0.05) is 52.9 Å². The Bertz CT molecular complexity index is 1230. The second-order valence-corrected chi connectivity index (χ2v) is 9.57. The minimum absolute atomic E-state index is 0.185. The predicted octanol–water partition coefficient (Wildman–Crippen LogP) is 1.86. The second kappa shape index (κ2) is 12.0. The van der Waals surface area contributed by atoms with E-state index in [0.717, 1.165) is 5.69 Å². The highest BCUT2D eigenvalue weighted by molar-refractivity contribution is 5.92. The lowest BCUT2D eigenvalue weighted by Gasteiger charge is -2.36. The Labute approximate surface area is 226 Å². The second-order valence-electron chi connectivity index (χ2n) is 9.57. The first kappa shape index (κ1) is 27.7. The van der Waals surface area contributed by atoms with Crippen molar-refractivity contribution in [2.24, 2.45) is 0 Å². The van der Waals surface area contributed by atoms with E-state index in [1.807, 2.05) is 23.9 Å². The first-order chi connectivity index (χ1) is 18.6. The summed E-state index contributed by atoms with van der Waals surface area (Å²) in [7, 11) is 3.79. The van der Waals surface area contributed by atoms with Crippen LogP contribution in [-0.4, -0.2) is 94.9 Å². The molecule has 11 nitrogen and oxygen atoms in total. The number of ether oxygens (including phenoxy) is 2. The van der Waals surface area contributed by atoms with Gasteiger partial charge < -0.3 is 29.5 Å². The fourth-order valence-electron chi connectivity index (χ4n) is 4.41. The number of amides is 3. The lowest BCUT2D eigenvalue weighted by Crippen LogP contribution is -2.50. The SMILES string of the molecule is CC(=O)NCC1CN(c2ccc(N3CCN(C(=O)COC(=O)c4ccc(N(C)C)cc4)CC3)c(F)c2)C(=O)O1. The topological polar surface area (TPSA) is 112 Å². The van der Waals surface area contributed by atoms with Gasteiger partial charge in [-0.1, -0.05) is 0 Å². The molecule has 0 saturated carbocycles. The Kier molecular flexibility index (Phi) is 8.52. The number of benzene rings is 2. The Morgan fingerprint density at radius 2 is 1.77 bits per heavy atom. The van der Waals surface area contributed by atoms with E-state index < -0.39 is 24.0 Å². The lowest BCUT2D eigenvalue weighted by molar-refractivity contribution is -0.134. The highest BCUT2D eigenvalue weighted by Crippen LogP contribution is 2.28. The summed E-state index contributed by atoms with van der Waals surface area (Å²) in [5.41, 5.74) is 2.03. The number of carbonyl (C=O) groups excluding carboxylic acids is 4. The molecule has 2 aromatic rings. The number of cyclic esters (lactones) is 1. The smallest absolute Gasteiger partial charge is 0.414 e. The molecule has 0 bridgehead atoms. The van der Waals surface area contributed by atoms with Gasteiger partial charge in [0.2, 0.25) is 5.91 Å². The normalized spacial score (nSPS) is 17.1. The van der Waals surface area contributed by atoms with Crippen molar-refractivity contribution in [3.8, 4) is 0 Å². The lowest BCUT2D eigenvalue weighted by atomic mass is 10.2. The van der Waals surface area contributed by atoms with E-state index in [0.29, 0.717) is 43.1 Å². The molecule has 12 heteroatoms. The van der Waals surface area contributed by atoms with Crippen molar-refractivity contribution in [3.05, 3.63) is 53.8 Å². The summed E-state index contributed by atoms with van der Waals surface area (Å²) in [6.45, 7) is 2.87. The van der Waals surface area contributed by atoms with Crippen molar-refractivity contribution in [3.63, 3.8) is 0 Å². The van der Waals surface area contributed by atoms with Crippen LogP contribution in [0.4, 0.5) is 26.2 Å². The predicted molar refractivity (Wildman–Crippen MR) is 143 cm³/mol. The largest absolute Gasteiger partial charge is 0.452 e. The van der Waals surface area contributed by atoms with Crippen LogP contribution in [0.25, 0.3) is 0 Å². The van der Waals surface area contributed by atoms with E-state index in [1.165, 1.54) is 17.9 Å². The molecule has 1 atom stereocenters. The van der Waals surface area contributed by atoms with E-state index in [-0.39, 0.29) is 31.5 Å². The standard InChI is InChI=1S/C27H32FN5O6/c1-18(34)29-15-22-16-33(27(37)39-22)21-8-9-24(23(28)14-21)31-10-12-32(13-11-31)25(35)17-38-26(36)19-4-6-20(7-5-19)30(2)3/h4-9,14,22H,10-13,15-17H2,1-3H3,(H,29,34). The van der Waals surface area contributed by atoms with Crippen LogP contribution in [0.1, 0.15) is 17.3 Å². The maximum Gasteiger partial charge on any atom is 0.414 e. The van der Waals surface area contributed by atoms with Gasteiger partial charge in [-0.25, -0.2) is 14.0 Å². The van der Waals surface area contributed by atoms with Gasteiger partial charge in [0.05, 0.1) is 30.0 Å². The van der Waals surface area contributed by atoms with Crippen molar-refractivity contribution in [1.29, 1.82) is 0 Å². The molecule has 2 aliphatic rings. The molecule has 2 fully saturated rings. The minimum Gasteiger partial charge on any atom is -0.452 e. The average Bonchev–Trinajstić information content (AvgIpc) is 3.30. The highest BCUT2D eigenvalue weighted by atomic mass is 19.1. The maximum absolute atomic E-state index is 15.0. The van der Waals surface area contributed by atoms with Gasteiger partial charge >= 0.3 is 12.1 Å². The third-order valence-electron chi connectivity index (χ3n) is 6.61. The monoisotopic (exact) mass is 541 g/mol. The summed E-state index contributed by atoms with van der Waals surface area (Å²) in [5.74, 6) is -1.61. The fraction of sp³-hybridized carbons (Fsp3) is 0.407. The molecule has 3 amide bonds. The molecule has 2 aliphatic heterocycles. The average molecular weight is 542 g/mol. The van der Waals surface area contributed by atoms with E-state index in [1.54, 1.807) is 41.3 Å². The Balaban J connectivity index is 1.26. The number of nitrogens with one attached hydrogen (secondary N) is 1. The van der Waals surface area contributed by atoms with Gasteiger partial charge in [0.15, 0.2) is 6.61 Å². The molecule has 2 heterocycles. The number of anilines is 3. The Morgan fingerprint density at radius 3 is 2.38 bits per heavy atom. The summed E-state index contributed by atoms with van der Waals surface area (Å²) in [5, 5.41) is 2.60. The molecule has 0 spiro atoms. The fourth-order valence-corrected chi connectivity index (χ4v) is 4.41. The van der Waals surface area contributed by atoms with Crippen LogP contribution in [0.3, 0.4) is 0 Å². The van der Waals surface area contributed by atoms with Crippen molar-refractivity contribution < 1.29 is 33.0 Å². The van der Waals surface area contributed by atoms with Gasteiger partial charge in [-0.05, 0) is 42.5 Å². The number of halogens is 1. The van der Waals surface area contributed by atoms with Crippen LogP contribution in [-0.2, 0) is 19.1 Å². The number of hydrogen-bond donors (Lipinski definition) is 1. The summed E-state index contributed by atoms with van der Waals surface area (Å²) in [6, 6.07) is 11.4. The van der Waals surface area contributed by atoms with Gasteiger partial charge in [-0.15, -0.1) is 0 Å². The van der Waals surface area contributed by atoms with Crippen LogP contribution in [0.5, 0.6) is 0 Å². The van der Waals surface area contributed by atoms with Gasteiger partial charge in [-0.3, -0.25) is 14.5 Å². The molecule has 2 aromatic carbocycles. The van der Waals surface area contributed by atoms with Crippen LogP contribution in [0, 0.1) is 5.82 Å². The maximum atomic E-state index is 15.0. The summed E-state index contributed by atoms with van der Waals surface area (Å²) in [6.07, 6.45) is -1.12. The van der Waals surface area contributed by atoms with Crippen molar-refractivity contribution in [2.45, 2.75) is 13.0 Å². The molecule has 0 radical (unpaired) electrons. The first-order valence-electron chi connectivity index (χ1n) is 12.6. The Hall–Kier alpha value is -4.35. The van der Waals surface area contributed by atoms with Crippen molar-refractivity contribution >= 4 is 40.9 Å². The molecule has 0 aliphatic carbocycles. The summed E-state index contributed by atoms with van der Waals surface area (Å²) < 4.78 is 25.5. The van der Waals surface area contributed by atoms with Crippen LogP contribution in [0.2, 0.25) is 0 Å². The van der Waals surface area contributed by atoms with Gasteiger partial charge in [0.25, 0.3) is 5.91 Å². The molecular weight excluding hydrogens is 509 g/mol. The highest BCUT2D eigenvalue weighted by Gasteiger charge is 2.33. The number of piperazine rings is 1. The zero-order valence-corrected chi connectivity index (χ0v) is 22.2. The molecule has 208 valence electrons. The number of nitrogens with zero attached hydrogens (tertiary/aromatic N) is 4. The molecule has 39 heavy (non-hydrogen) atoms. The third kappa shape index (κ3) is 6.75. The molecule has 1 N–H and O–H groups in total. The van der Waals surface area contributed by atoms with E-state index in [2.05, 4.69) is 5.32 Å². The zero-order valence-electron chi connectivity index (χ0n) is 22.2. The third-order valence-corrected chi connectivity index (χ3v) is 6.61. The van der Waals surface area contributed by atoms with Crippen LogP contribution in [0.15, 0.2) is 42.5 Å². The van der Waals surface area contributed by atoms with E-state index in [9.17, 15) is 19.2 Å². The molecule has 0 aromatic heterocycles. The van der Waals surface area contributed by atoms with E-state index in [4.69, 9.17) is 9.47 Å². The zero-order chi connectivity index (χ0) is 28.1. The number of esters is 1. The minimum atomic E-state index is -0.601. The van der Waals surface area contributed by atoms with E-state index >= 15 is 4.39 Å². The quantitative estimate of drug-likeness (QED) is 0.505. The molecule has 2 saturated heterocycles. The molecular formula is C27H32FN5O6. The molecule has 4 rings (SSSR count). The Morgan fingerprint density at radius 1 is 1.08 bits per heavy atom. The number of carbonyl (C=O) groups is 4. The molecule has 1 unspecified atom stereocenters. The first-order valence-corrected chi connectivity index (χ1v) is 12.6. The van der Waals surface area contributed by atoms with Gasteiger partial charge in [0.1, 0.15) is 11.9 Å². The number of rotatable bonds is 8. The number of hydrogen-bond acceptors (Lipinski definition) is 8. The summed E-state index contributed by atoms with van der Waals surface area (Å²) >= 11 is 0. The van der Waals surface area contributed by atoms with Crippen LogP contribution < -0.4 is 20.0 Å². The summed E-state index contributed by atoms with van der Waals surface area (Å²) in [4.78, 5) is 54.9. The van der Waals surface area contributed by atoms with Crippen molar-refractivity contribution in [2.75, 3.05) is 74.7 Å². The van der Waals surface area contributed by atoms with Crippen molar-refractivity contribution in [1.82, 2.24) is 10.2 Å². The van der Waals surface area contributed by atoms with Gasteiger partial charge in [-0.2, -0.15) is 0 Å². The van der Waals surface area contributed by atoms with Crippen LogP contribution >= 0.6 is 0 Å².